The number of alkyl halides is 3. The molecule has 0 saturated carbocycles. The summed E-state index contributed by atoms with van der Waals surface area (Å²) in [6, 6.07) is 10.8. The van der Waals surface area contributed by atoms with Crippen LogP contribution >= 0.6 is 0 Å². The van der Waals surface area contributed by atoms with Gasteiger partial charge in [-0.05, 0) is 54.3 Å². The van der Waals surface area contributed by atoms with Crippen molar-refractivity contribution in [1.82, 2.24) is 5.32 Å². The molecule has 1 amide bonds. The summed E-state index contributed by atoms with van der Waals surface area (Å²) in [4.78, 5) is 24.9. The van der Waals surface area contributed by atoms with Gasteiger partial charge in [0.1, 0.15) is 5.75 Å². The highest BCUT2D eigenvalue weighted by Gasteiger charge is 2.34. The van der Waals surface area contributed by atoms with Crippen molar-refractivity contribution >= 4 is 11.9 Å². The molecule has 2 aromatic rings. The molecule has 1 aliphatic rings. The van der Waals surface area contributed by atoms with Crippen molar-refractivity contribution in [3.8, 4) is 5.75 Å². The van der Waals surface area contributed by atoms with Crippen molar-refractivity contribution in [1.29, 1.82) is 0 Å². The summed E-state index contributed by atoms with van der Waals surface area (Å²) in [7, 11) is 2.87. The second-order valence-corrected chi connectivity index (χ2v) is 7.21. The Kier molecular flexibility index (Phi) is 6.68. The lowest BCUT2D eigenvalue weighted by molar-refractivity contribution is -0.143. The van der Waals surface area contributed by atoms with Crippen molar-refractivity contribution < 1.29 is 32.2 Å². The summed E-state index contributed by atoms with van der Waals surface area (Å²) < 4.78 is 48.2. The van der Waals surface area contributed by atoms with Gasteiger partial charge in [-0.2, -0.15) is 13.2 Å². The standard InChI is InChI=1S/C23H22F3NO4/c1-30-19-11-6-14(7-12-19)20(22(29)31-2)16-5-10-18(13-16)27-21(28)15-3-8-17(9-4-15)23(24,25)26/h3-12,16,18,20H,13H2,1-2H3,(H,27,28)/t16-,18+,20+/m0/s1. The third-order valence-corrected chi connectivity index (χ3v) is 5.27. The van der Waals surface area contributed by atoms with E-state index in [-0.39, 0.29) is 17.5 Å². The van der Waals surface area contributed by atoms with Gasteiger partial charge in [0.25, 0.3) is 5.91 Å². The number of carbonyl (C=O) groups is 2. The Labute approximate surface area is 177 Å². The first-order chi connectivity index (χ1) is 14.7. The summed E-state index contributed by atoms with van der Waals surface area (Å²) in [6.45, 7) is 0. The van der Waals surface area contributed by atoms with Crippen molar-refractivity contribution in [2.45, 2.75) is 24.6 Å². The number of halogens is 3. The summed E-state index contributed by atoms with van der Waals surface area (Å²) in [6.07, 6.45) is -0.366. The lowest BCUT2D eigenvalue weighted by Crippen LogP contribution is -2.33. The molecule has 31 heavy (non-hydrogen) atoms. The molecular weight excluding hydrogens is 411 g/mol. The largest absolute Gasteiger partial charge is 0.497 e. The molecule has 1 aliphatic carbocycles. The lowest BCUT2D eigenvalue weighted by atomic mass is 9.85. The number of hydrogen-bond donors (Lipinski definition) is 1. The Morgan fingerprint density at radius 1 is 1.00 bits per heavy atom. The normalized spacial score (nSPS) is 19.0. The first kappa shape index (κ1) is 22.4. The molecule has 0 spiro atoms. The summed E-state index contributed by atoms with van der Waals surface area (Å²) >= 11 is 0. The Hall–Kier alpha value is -3.29. The molecule has 8 heteroatoms. The second kappa shape index (κ2) is 9.24. The predicted molar refractivity (Wildman–Crippen MR) is 108 cm³/mol. The van der Waals surface area contributed by atoms with E-state index >= 15 is 0 Å². The number of benzene rings is 2. The number of methoxy groups -OCH3 is 2. The number of allylic oxidation sites excluding steroid dienone is 1. The zero-order valence-corrected chi connectivity index (χ0v) is 17.0. The maximum Gasteiger partial charge on any atom is 0.416 e. The fourth-order valence-corrected chi connectivity index (χ4v) is 3.64. The first-order valence-corrected chi connectivity index (χ1v) is 9.61. The van der Waals surface area contributed by atoms with Crippen LogP contribution in [-0.4, -0.2) is 32.1 Å². The minimum Gasteiger partial charge on any atom is -0.497 e. The van der Waals surface area contributed by atoms with Crippen LogP contribution in [0.4, 0.5) is 13.2 Å². The van der Waals surface area contributed by atoms with E-state index in [4.69, 9.17) is 9.47 Å². The van der Waals surface area contributed by atoms with Gasteiger partial charge in [-0.3, -0.25) is 9.59 Å². The Morgan fingerprint density at radius 3 is 2.19 bits per heavy atom. The van der Waals surface area contributed by atoms with E-state index in [1.54, 1.807) is 37.5 Å². The molecule has 0 aliphatic heterocycles. The Morgan fingerprint density at radius 2 is 1.65 bits per heavy atom. The molecule has 0 unspecified atom stereocenters. The van der Waals surface area contributed by atoms with E-state index in [2.05, 4.69) is 5.32 Å². The molecule has 2 aromatic carbocycles. The van der Waals surface area contributed by atoms with Crippen molar-refractivity contribution in [2.24, 2.45) is 5.92 Å². The lowest BCUT2D eigenvalue weighted by Gasteiger charge is -2.22. The van der Waals surface area contributed by atoms with E-state index < -0.39 is 29.5 Å². The van der Waals surface area contributed by atoms with Crippen LogP contribution in [0.25, 0.3) is 0 Å². The van der Waals surface area contributed by atoms with Crippen LogP contribution in [-0.2, 0) is 15.7 Å². The zero-order chi connectivity index (χ0) is 22.6. The number of nitrogens with one attached hydrogen (secondary N) is 1. The minimum absolute atomic E-state index is 0.129. The van der Waals surface area contributed by atoms with Gasteiger partial charge < -0.3 is 14.8 Å². The maximum atomic E-state index is 12.7. The van der Waals surface area contributed by atoms with Gasteiger partial charge in [-0.15, -0.1) is 0 Å². The molecule has 5 nitrogen and oxygen atoms in total. The van der Waals surface area contributed by atoms with Crippen LogP contribution in [0.1, 0.15) is 33.8 Å². The zero-order valence-electron chi connectivity index (χ0n) is 17.0. The smallest absolute Gasteiger partial charge is 0.416 e. The third-order valence-electron chi connectivity index (χ3n) is 5.27. The first-order valence-electron chi connectivity index (χ1n) is 9.61. The minimum atomic E-state index is -4.46. The van der Waals surface area contributed by atoms with Crippen LogP contribution < -0.4 is 10.1 Å². The number of rotatable bonds is 6. The topological polar surface area (TPSA) is 64.6 Å². The number of hydrogen-bond acceptors (Lipinski definition) is 4. The van der Waals surface area contributed by atoms with E-state index in [1.165, 1.54) is 7.11 Å². The molecule has 0 aromatic heterocycles. The SMILES string of the molecule is COC(=O)[C@H](c1ccc(OC)cc1)[C@H]1C=C[C@@H](NC(=O)c2ccc(C(F)(F)F)cc2)C1. The van der Waals surface area contributed by atoms with E-state index in [9.17, 15) is 22.8 Å². The van der Waals surface area contributed by atoms with Gasteiger partial charge in [0.15, 0.2) is 0 Å². The van der Waals surface area contributed by atoms with Gasteiger partial charge >= 0.3 is 12.1 Å². The average molecular weight is 433 g/mol. The van der Waals surface area contributed by atoms with Crippen molar-refractivity contribution in [2.75, 3.05) is 14.2 Å². The van der Waals surface area contributed by atoms with E-state index in [0.717, 1.165) is 29.8 Å². The van der Waals surface area contributed by atoms with Gasteiger partial charge in [-0.25, -0.2) is 0 Å². The molecule has 164 valence electrons. The van der Waals surface area contributed by atoms with Crippen molar-refractivity contribution in [3.63, 3.8) is 0 Å². The molecule has 1 N–H and O–H groups in total. The van der Waals surface area contributed by atoms with Crippen LogP contribution in [0, 0.1) is 5.92 Å². The van der Waals surface area contributed by atoms with Crippen molar-refractivity contribution in [3.05, 3.63) is 77.4 Å². The van der Waals surface area contributed by atoms with Crippen LogP contribution in [0.3, 0.4) is 0 Å². The Bertz CT molecular complexity index is 952. The van der Waals surface area contributed by atoms with Crippen LogP contribution in [0.5, 0.6) is 5.75 Å². The van der Waals surface area contributed by atoms with Gasteiger partial charge in [0.2, 0.25) is 0 Å². The summed E-state index contributed by atoms with van der Waals surface area (Å²) in [5.41, 5.74) is 0.0758. The van der Waals surface area contributed by atoms with E-state index in [0.29, 0.717) is 12.2 Å². The number of esters is 1. The number of carbonyl (C=O) groups excluding carboxylic acids is 2. The highest BCUT2D eigenvalue weighted by atomic mass is 19.4. The number of ether oxygens (including phenoxy) is 2. The highest BCUT2D eigenvalue weighted by molar-refractivity contribution is 5.94. The molecule has 0 bridgehead atoms. The Balaban J connectivity index is 1.68. The highest BCUT2D eigenvalue weighted by Crippen LogP contribution is 2.35. The van der Waals surface area contributed by atoms with Crippen LogP contribution in [0.2, 0.25) is 0 Å². The number of amides is 1. The molecule has 3 atom stereocenters. The van der Waals surface area contributed by atoms with Gasteiger partial charge in [0, 0.05) is 11.6 Å². The van der Waals surface area contributed by atoms with Crippen LogP contribution in [0.15, 0.2) is 60.7 Å². The molecule has 0 heterocycles. The third kappa shape index (κ3) is 5.25. The summed E-state index contributed by atoms with van der Waals surface area (Å²) in [5, 5.41) is 2.79. The molecule has 3 rings (SSSR count). The molecule has 0 saturated heterocycles. The fourth-order valence-electron chi connectivity index (χ4n) is 3.64. The quantitative estimate of drug-likeness (QED) is 0.544. The van der Waals surface area contributed by atoms with Gasteiger partial charge in [0.05, 0.1) is 25.7 Å². The molecular formula is C23H22F3NO4. The predicted octanol–water partition coefficient (Wildman–Crippen LogP) is 4.35. The average Bonchev–Trinajstić information content (AvgIpc) is 3.21. The fraction of sp³-hybridized carbons (Fsp3) is 0.304. The molecule has 0 fully saturated rings. The van der Waals surface area contributed by atoms with Gasteiger partial charge in [-0.1, -0.05) is 24.3 Å². The second-order valence-electron chi connectivity index (χ2n) is 7.21. The monoisotopic (exact) mass is 433 g/mol. The molecule has 0 radical (unpaired) electrons. The summed E-state index contributed by atoms with van der Waals surface area (Å²) in [5.74, 6) is -0.979. The van der Waals surface area contributed by atoms with E-state index in [1.807, 2.05) is 6.08 Å². The maximum absolute atomic E-state index is 12.7.